The molecule has 0 saturated carbocycles. The fourth-order valence-corrected chi connectivity index (χ4v) is 1.78. The largest absolute Gasteiger partial charge is 0.290 e. The number of hydrogen-bond acceptors (Lipinski definition) is 4. The molecule has 0 saturated heterocycles. The summed E-state index contributed by atoms with van der Waals surface area (Å²) in [4.78, 5) is 43.2. The number of ketones is 4. The highest BCUT2D eigenvalue weighted by Crippen LogP contribution is 2.15. The van der Waals surface area contributed by atoms with Crippen LogP contribution in [0.4, 0.5) is 0 Å². The van der Waals surface area contributed by atoms with Crippen LogP contribution in [0, 0.1) is 11.8 Å². The molecule has 0 N–H and O–H groups in total. The Morgan fingerprint density at radius 3 is 1.38 bits per heavy atom. The van der Waals surface area contributed by atoms with Gasteiger partial charge in [0.05, 0.1) is 0 Å². The molecule has 2 aliphatic carbocycles. The minimum absolute atomic E-state index is 0.0247. The summed E-state index contributed by atoms with van der Waals surface area (Å²) in [6, 6.07) is 0. The summed E-state index contributed by atoms with van der Waals surface area (Å²) in [5.74, 6) is 0.967. The van der Waals surface area contributed by atoms with Crippen LogP contribution in [0.1, 0.15) is 75.7 Å². The lowest BCUT2D eigenvalue weighted by Gasteiger charge is -2.08. The van der Waals surface area contributed by atoms with E-state index < -0.39 is 0 Å². The number of hydrogen-bond donors (Lipinski definition) is 0. The van der Waals surface area contributed by atoms with Gasteiger partial charge >= 0.3 is 0 Å². The highest BCUT2D eigenvalue weighted by molar-refractivity contribution is 6.17. The Bertz CT molecular complexity index is 639. The molecule has 0 atom stereocenters. The first kappa shape index (κ1) is 31.3. The SMILES string of the molecule is CC.CC.CC(C)C.CC(C)CC1=CC(=O)C=CC1=O.CC1=CC(=O)C=CC1=O. The summed E-state index contributed by atoms with van der Waals surface area (Å²) in [7, 11) is 0. The summed E-state index contributed by atoms with van der Waals surface area (Å²) in [6.07, 6.45) is 8.68. The average molecular weight is 405 g/mol. The van der Waals surface area contributed by atoms with Crippen LogP contribution in [0.15, 0.2) is 47.6 Å². The van der Waals surface area contributed by atoms with Crippen LogP contribution in [0.3, 0.4) is 0 Å². The molecular weight excluding hydrogens is 364 g/mol. The van der Waals surface area contributed by atoms with Gasteiger partial charge in [0.15, 0.2) is 23.1 Å². The van der Waals surface area contributed by atoms with Crippen molar-refractivity contribution in [3.05, 3.63) is 47.6 Å². The molecule has 29 heavy (non-hydrogen) atoms. The fraction of sp³-hybridized carbons (Fsp3) is 0.520. The van der Waals surface area contributed by atoms with Gasteiger partial charge < -0.3 is 0 Å². The minimum Gasteiger partial charge on any atom is -0.290 e. The maximum absolute atomic E-state index is 11.2. The topological polar surface area (TPSA) is 68.3 Å². The molecule has 0 unspecified atom stereocenters. The average Bonchev–Trinajstić information content (AvgIpc) is 2.65. The van der Waals surface area contributed by atoms with Crippen LogP contribution in [0.25, 0.3) is 0 Å². The van der Waals surface area contributed by atoms with Gasteiger partial charge in [0.25, 0.3) is 0 Å². The zero-order valence-corrected chi connectivity index (χ0v) is 20.0. The van der Waals surface area contributed by atoms with E-state index in [9.17, 15) is 19.2 Å². The number of allylic oxidation sites excluding steroid dienone is 8. The van der Waals surface area contributed by atoms with E-state index in [1.165, 1.54) is 36.5 Å². The minimum atomic E-state index is -0.105. The first-order chi connectivity index (χ1) is 13.5. The van der Waals surface area contributed by atoms with Gasteiger partial charge in [-0.15, -0.1) is 0 Å². The van der Waals surface area contributed by atoms with Crippen molar-refractivity contribution in [2.45, 2.75) is 75.7 Å². The van der Waals surface area contributed by atoms with E-state index in [2.05, 4.69) is 20.8 Å². The third-order valence-corrected chi connectivity index (χ3v) is 2.81. The van der Waals surface area contributed by atoms with Gasteiger partial charge in [0, 0.05) is 11.1 Å². The maximum Gasteiger partial charge on any atom is 0.182 e. The zero-order valence-electron chi connectivity index (χ0n) is 20.0. The highest BCUT2D eigenvalue weighted by Gasteiger charge is 2.13. The molecule has 4 nitrogen and oxygen atoms in total. The molecule has 0 aromatic carbocycles. The second-order valence-corrected chi connectivity index (χ2v) is 7.03. The van der Waals surface area contributed by atoms with E-state index in [4.69, 9.17) is 0 Å². The lowest BCUT2D eigenvalue weighted by molar-refractivity contribution is -0.114. The van der Waals surface area contributed by atoms with Crippen molar-refractivity contribution in [2.75, 3.05) is 0 Å². The van der Waals surface area contributed by atoms with Gasteiger partial charge in [0.1, 0.15) is 0 Å². The Kier molecular flexibility index (Phi) is 20.5. The van der Waals surface area contributed by atoms with E-state index in [1.807, 2.05) is 41.5 Å². The van der Waals surface area contributed by atoms with Gasteiger partial charge in [-0.1, -0.05) is 62.3 Å². The normalized spacial score (nSPS) is 14.3. The van der Waals surface area contributed by atoms with Crippen LogP contribution in [-0.4, -0.2) is 23.1 Å². The molecule has 0 bridgehead atoms. The number of carbonyl (C=O) groups excluding carboxylic acids is 4. The zero-order chi connectivity index (χ0) is 23.6. The molecule has 0 radical (unpaired) electrons. The molecule has 0 aromatic heterocycles. The van der Waals surface area contributed by atoms with Crippen LogP contribution >= 0.6 is 0 Å². The smallest absolute Gasteiger partial charge is 0.182 e. The van der Waals surface area contributed by atoms with Gasteiger partial charge in [0.2, 0.25) is 0 Å². The molecule has 0 heterocycles. The Balaban J connectivity index is -0.000000351. The van der Waals surface area contributed by atoms with Gasteiger partial charge in [-0.25, -0.2) is 0 Å². The molecule has 4 heteroatoms. The predicted molar refractivity (Wildman–Crippen MR) is 123 cm³/mol. The summed E-state index contributed by atoms with van der Waals surface area (Å²) >= 11 is 0. The Morgan fingerprint density at radius 1 is 0.655 bits per heavy atom. The van der Waals surface area contributed by atoms with Gasteiger partial charge in [-0.2, -0.15) is 0 Å². The van der Waals surface area contributed by atoms with Gasteiger partial charge in [-0.3, -0.25) is 19.2 Å². The van der Waals surface area contributed by atoms with Crippen LogP contribution in [0.2, 0.25) is 0 Å². The number of rotatable bonds is 2. The van der Waals surface area contributed by atoms with Gasteiger partial charge in [-0.05, 0) is 61.6 Å². The van der Waals surface area contributed by atoms with E-state index in [0.29, 0.717) is 23.5 Å². The van der Waals surface area contributed by atoms with Crippen molar-refractivity contribution >= 4 is 23.1 Å². The first-order valence-corrected chi connectivity index (χ1v) is 10.4. The van der Waals surface area contributed by atoms with Crippen molar-refractivity contribution in [2.24, 2.45) is 11.8 Å². The fourth-order valence-electron chi connectivity index (χ4n) is 1.78. The summed E-state index contributed by atoms with van der Waals surface area (Å²) in [6.45, 7) is 20.2. The second-order valence-electron chi connectivity index (χ2n) is 7.03. The van der Waals surface area contributed by atoms with E-state index in [1.54, 1.807) is 6.92 Å². The van der Waals surface area contributed by atoms with E-state index in [0.717, 1.165) is 5.92 Å². The maximum atomic E-state index is 11.2. The van der Waals surface area contributed by atoms with E-state index >= 15 is 0 Å². The molecule has 0 aliphatic heterocycles. The predicted octanol–water partition coefficient (Wildman–Crippen LogP) is 6.02. The molecule has 0 aromatic rings. The third kappa shape index (κ3) is 18.8. The van der Waals surface area contributed by atoms with Crippen molar-refractivity contribution in [3.63, 3.8) is 0 Å². The summed E-state index contributed by atoms with van der Waals surface area (Å²) in [5, 5.41) is 0. The highest BCUT2D eigenvalue weighted by atomic mass is 16.1. The second kappa shape index (κ2) is 19.0. The summed E-state index contributed by atoms with van der Waals surface area (Å²) in [5.41, 5.74) is 1.15. The number of carbonyl (C=O) groups is 4. The van der Waals surface area contributed by atoms with Crippen molar-refractivity contribution in [3.8, 4) is 0 Å². The Hall–Kier alpha value is -2.36. The Morgan fingerprint density at radius 2 is 1.03 bits per heavy atom. The van der Waals surface area contributed by atoms with Crippen molar-refractivity contribution in [1.29, 1.82) is 0 Å². The third-order valence-electron chi connectivity index (χ3n) is 2.81. The molecule has 0 spiro atoms. The van der Waals surface area contributed by atoms with Crippen molar-refractivity contribution in [1.82, 2.24) is 0 Å². The quantitative estimate of drug-likeness (QED) is 0.528. The molecule has 2 aliphatic rings. The Labute approximate surface area is 177 Å². The standard InChI is InChI=1S/C10H12O2.C7H6O2.C4H10.2C2H6/c1-7(2)5-8-6-9(11)3-4-10(8)12;1-5-4-6(8)2-3-7(5)9;1-4(2)3;2*1-2/h3-4,6-7H,5H2,1-2H3;2-4H,1H3;4H,1-3H3;2*1-2H3. The van der Waals surface area contributed by atoms with Crippen LogP contribution in [-0.2, 0) is 19.2 Å². The first-order valence-electron chi connectivity index (χ1n) is 10.4. The molecule has 0 fully saturated rings. The molecule has 164 valence electrons. The lowest BCUT2D eigenvalue weighted by atomic mass is 9.95. The van der Waals surface area contributed by atoms with Crippen molar-refractivity contribution < 1.29 is 19.2 Å². The van der Waals surface area contributed by atoms with Crippen LogP contribution in [0.5, 0.6) is 0 Å². The molecule has 0 amide bonds. The molecular formula is C25H40O4. The van der Waals surface area contributed by atoms with E-state index in [-0.39, 0.29) is 23.1 Å². The monoisotopic (exact) mass is 404 g/mol. The lowest BCUT2D eigenvalue weighted by Crippen LogP contribution is -2.09. The molecule has 2 rings (SSSR count). The summed E-state index contributed by atoms with van der Waals surface area (Å²) < 4.78 is 0. The van der Waals surface area contributed by atoms with Crippen LogP contribution < -0.4 is 0 Å².